The van der Waals surface area contributed by atoms with Gasteiger partial charge in [-0.2, -0.15) is 13.2 Å². The molecule has 1 aliphatic heterocycles. The lowest BCUT2D eigenvalue weighted by atomic mass is 9.98. The zero-order chi connectivity index (χ0) is 17.2. The normalized spacial score (nSPS) is 17.3. The first-order chi connectivity index (χ1) is 11.5. The van der Waals surface area contributed by atoms with Crippen molar-refractivity contribution < 1.29 is 22.7 Å². The summed E-state index contributed by atoms with van der Waals surface area (Å²) in [4.78, 5) is 6.60. The van der Waals surface area contributed by atoms with Gasteiger partial charge in [0.05, 0.1) is 11.3 Å². The minimum atomic E-state index is -4.35. The molecule has 2 heterocycles. The highest BCUT2D eigenvalue weighted by Crippen LogP contribution is 2.31. The van der Waals surface area contributed by atoms with Crippen molar-refractivity contribution in [3.05, 3.63) is 41.8 Å². The van der Waals surface area contributed by atoms with Crippen LogP contribution in [0.3, 0.4) is 0 Å². The smallest absolute Gasteiger partial charge is 0.416 e. The van der Waals surface area contributed by atoms with E-state index in [1.54, 1.807) is 6.26 Å². The number of halogens is 3. The van der Waals surface area contributed by atoms with Crippen LogP contribution in [-0.2, 0) is 12.7 Å². The van der Waals surface area contributed by atoms with Crippen molar-refractivity contribution in [1.29, 1.82) is 0 Å². The molecule has 4 nitrogen and oxygen atoms in total. The first kappa shape index (κ1) is 17.0. The van der Waals surface area contributed by atoms with Gasteiger partial charge < -0.3 is 9.52 Å². The number of piperidine rings is 1. The van der Waals surface area contributed by atoms with Crippen LogP contribution in [0.25, 0.3) is 11.5 Å². The van der Waals surface area contributed by atoms with E-state index in [0.29, 0.717) is 23.9 Å². The Balaban J connectivity index is 1.63. The van der Waals surface area contributed by atoms with Crippen LogP contribution in [0.5, 0.6) is 0 Å². The van der Waals surface area contributed by atoms with Gasteiger partial charge in [0.2, 0.25) is 5.89 Å². The molecule has 0 atom stereocenters. The summed E-state index contributed by atoms with van der Waals surface area (Å²) in [5.74, 6) is 0.699. The van der Waals surface area contributed by atoms with Crippen LogP contribution in [0, 0.1) is 5.92 Å². The summed E-state index contributed by atoms with van der Waals surface area (Å²) in [5, 5.41) is 9.15. The Morgan fingerprint density at radius 2 is 1.83 bits per heavy atom. The summed E-state index contributed by atoms with van der Waals surface area (Å²) in [6, 6.07) is 4.79. The molecule has 24 heavy (non-hydrogen) atoms. The maximum Gasteiger partial charge on any atom is 0.416 e. The van der Waals surface area contributed by atoms with Crippen LogP contribution in [-0.4, -0.2) is 34.7 Å². The second-order valence-electron chi connectivity index (χ2n) is 6.12. The average Bonchev–Trinajstić information content (AvgIpc) is 3.03. The van der Waals surface area contributed by atoms with Crippen LogP contribution in [0.15, 0.2) is 34.9 Å². The molecular formula is C17H19F3N2O2. The van der Waals surface area contributed by atoms with E-state index in [2.05, 4.69) is 9.88 Å². The molecule has 2 aromatic rings. The Kier molecular flexibility index (Phi) is 4.91. The fourth-order valence-electron chi connectivity index (χ4n) is 2.87. The van der Waals surface area contributed by atoms with Crippen molar-refractivity contribution in [3.63, 3.8) is 0 Å². The predicted octanol–water partition coefficient (Wildman–Crippen LogP) is 3.56. The molecule has 0 spiro atoms. The monoisotopic (exact) mass is 340 g/mol. The van der Waals surface area contributed by atoms with Crippen LogP contribution >= 0.6 is 0 Å². The van der Waals surface area contributed by atoms with Gasteiger partial charge in [0, 0.05) is 18.7 Å². The highest BCUT2D eigenvalue weighted by atomic mass is 19.4. The number of rotatable bonds is 4. The number of aromatic nitrogens is 1. The highest BCUT2D eigenvalue weighted by Gasteiger charge is 2.30. The Hall–Kier alpha value is -1.86. The van der Waals surface area contributed by atoms with Crippen molar-refractivity contribution >= 4 is 0 Å². The van der Waals surface area contributed by atoms with E-state index in [4.69, 9.17) is 9.52 Å². The van der Waals surface area contributed by atoms with Gasteiger partial charge in [0.1, 0.15) is 6.26 Å². The van der Waals surface area contributed by atoms with E-state index in [1.807, 2.05) is 0 Å². The average molecular weight is 340 g/mol. The molecule has 1 aliphatic rings. The van der Waals surface area contributed by atoms with Gasteiger partial charge in [0.15, 0.2) is 0 Å². The van der Waals surface area contributed by atoms with Gasteiger partial charge >= 0.3 is 6.18 Å². The fourth-order valence-corrected chi connectivity index (χ4v) is 2.87. The largest absolute Gasteiger partial charge is 0.444 e. The van der Waals surface area contributed by atoms with Crippen molar-refractivity contribution in [1.82, 2.24) is 9.88 Å². The molecule has 3 rings (SSSR count). The number of nitrogens with zero attached hydrogens (tertiary/aromatic N) is 2. The summed E-state index contributed by atoms with van der Waals surface area (Å²) in [7, 11) is 0. The molecule has 1 aromatic heterocycles. The molecule has 0 amide bonds. The molecule has 7 heteroatoms. The van der Waals surface area contributed by atoms with Crippen molar-refractivity contribution in [2.45, 2.75) is 25.6 Å². The number of likely N-dealkylation sites (tertiary alicyclic amines) is 1. The number of hydrogen-bond donors (Lipinski definition) is 1. The minimum Gasteiger partial charge on any atom is -0.444 e. The SMILES string of the molecule is OCC1CCN(Cc2coc(-c3ccc(C(F)(F)F)cc3)n2)CC1. The van der Waals surface area contributed by atoms with E-state index in [-0.39, 0.29) is 6.61 Å². The predicted molar refractivity (Wildman–Crippen MR) is 82.0 cm³/mol. The van der Waals surface area contributed by atoms with Crippen LogP contribution in [0.4, 0.5) is 13.2 Å². The molecule has 1 saturated heterocycles. The van der Waals surface area contributed by atoms with E-state index in [0.717, 1.165) is 43.8 Å². The molecule has 0 bridgehead atoms. The highest BCUT2D eigenvalue weighted by molar-refractivity contribution is 5.53. The molecule has 0 radical (unpaired) electrons. The summed E-state index contributed by atoms with van der Waals surface area (Å²) >= 11 is 0. The third kappa shape index (κ3) is 3.96. The quantitative estimate of drug-likeness (QED) is 0.924. The van der Waals surface area contributed by atoms with Crippen molar-refractivity contribution in [2.24, 2.45) is 5.92 Å². The number of hydrogen-bond acceptors (Lipinski definition) is 4. The first-order valence-corrected chi connectivity index (χ1v) is 7.91. The van der Waals surface area contributed by atoms with Gasteiger partial charge in [0.25, 0.3) is 0 Å². The van der Waals surface area contributed by atoms with Crippen LogP contribution < -0.4 is 0 Å². The van der Waals surface area contributed by atoms with E-state index in [9.17, 15) is 13.2 Å². The standard InChI is InChI=1S/C17H19F3N2O2/c18-17(19,20)14-3-1-13(2-4-14)16-21-15(11-24-16)9-22-7-5-12(10-23)6-8-22/h1-4,11-12,23H,5-10H2. The van der Waals surface area contributed by atoms with E-state index >= 15 is 0 Å². The zero-order valence-electron chi connectivity index (χ0n) is 13.1. The first-order valence-electron chi connectivity index (χ1n) is 7.91. The lowest BCUT2D eigenvalue weighted by molar-refractivity contribution is -0.137. The summed E-state index contributed by atoms with van der Waals surface area (Å²) < 4.78 is 43.1. The topological polar surface area (TPSA) is 49.5 Å². The van der Waals surface area contributed by atoms with Crippen molar-refractivity contribution in [2.75, 3.05) is 19.7 Å². The number of aliphatic hydroxyl groups excluding tert-OH is 1. The lowest BCUT2D eigenvalue weighted by Crippen LogP contribution is -2.34. The fraction of sp³-hybridized carbons (Fsp3) is 0.471. The molecule has 130 valence electrons. The summed E-state index contributed by atoms with van der Waals surface area (Å²) in [6.07, 6.45) is -0.883. The van der Waals surface area contributed by atoms with Crippen molar-refractivity contribution in [3.8, 4) is 11.5 Å². The van der Waals surface area contributed by atoms with E-state index in [1.165, 1.54) is 12.1 Å². The summed E-state index contributed by atoms with van der Waals surface area (Å²) in [5.41, 5.74) is 0.588. The molecule has 0 aliphatic carbocycles. The zero-order valence-corrected chi connectivity index (χ0v) is 13.1. The number of alkyl halides is 3. The summed E-state index contributed by atoms with van der Waals surface area (Å²) in [6.45, 7) is 2.67. The molecule has 1 N–H and O–H groups in total. The maximum atomic E-state index is 12.6. The number of oxazole rings is 1. The maximum absolute atomic E-state index is 12.6. The van der Waals surface area contributed by atoms with E-state index < -0.39 is 11.7 Å². The lowest BCUT2D eigenvalue weighted by Gasteiger charge is -2.30. The Morgan fingerprint density at radius 3 is 2.42 bits per heavy atom. The molecular weight excluding hydrogens is 321 g/mol. The van der Waals surface area contributed by atoms with Crippen LogP contribution in [0.1, 0.15) is 24.1 Å². The number of aliphatic hydroxyl groups is 1. The Morgan fingerprint density at radius 1 is 1.17 bits per heavy atom. The van der Waals surface area contributed by atoms with Gasteiger partial charge in [-0.25, -0.2) is 4.98 Å². The Bertz CT molecular complexity index is 659. The molecule has 1 fully saturated rings. The third-order valence-corrected chi connectivity index (χ3v) is 4.36. The van der Waals surface area contributed by atoms with Gasteiger partial charge in [-0.05, 0) is 56.1 Å². The van der Waals surface area contributed by atoms with Gasteiger partial charge in [-0.15, -0.1) is 0 Å². The molecule has 0 unspecified atom stereocenters. The van der Waals surface area contributed by atoms with Crippen LogP contribution in [0.2, 0.25) is 0 Å². The minimum absolute atomic E-state index is 0.232. The Labute approximate surface area is 137 Å². The second kappa shape index (κ2) is 6.94. The van der Waals surface area contributed by atoms with Gasteiger partial charge in [-0.3, -0.25) is 4.90 Å². The van der Waals surface area contributed by atoms with Gasteiger partial charge in [-0.1, -0.05) is 0 Å². The molecule has 1 aromatic carbocycles. The number of benzene rings is 1. The third-order valence-electron chi connectivity index (χ3n) is 4.36. The molecule has 0 saturated carbocycles. The second-order valence-corrected chi connectivity index (χ2v) is 6.12.